The number of anilines is 2. The molecule has 0 unspecified atom stereocenters. The zero-order valence-electron chi connectivity index (χ0n) is 19.8. The number of ketones is 1. The highest BCUT2D eigenvalue weighted by Gasteiger charge is 2.32. The second-order valence-corrected chi connectivity index (χ2v) is 9.18. The molecular weight excluding hydrogens is 432 g/mol. The number of pyridine rings is 1. The van der Waals surface area contributed by atoms with Gasteiger partial charge < -0.3 is 9.88 Å². The first-order valence-electron chi connectivity index (χ1n) is 11.7. The van der Waals surface area contributed by atoms with Gasteiger partial charge in [0.2, 0.25) is 0 Å². The number of aryl methyl sites for hydroxylation is 3. The fourth-order valence-corrected chi connectivity index (χ4v) is 5.25. The molecule has 0 saturated carbocycles. The first-order chi connectivity index (χ1) is 17.0. The van der Waals surface area contributed by atoms with E-state index < -0.39 is 0 Å². The van der Waals surface area contributed by atoms with Gasteiger partial charge in [-0.05, 0) is 48.7 Å². The van der Waals surface area contributed by atoms with Crippen LogP contribution in [0.1, 0.15) is 27.0 Å². The summed E-state index contributed by atoms with van der Waals surface area (Å²) in [5.41, 5.74) is 8.94. The third-order valence-corrected chi connectivity index (χ3v) is 6.95. The van der Waals surface area contributed by atoms with Crippen molar-refractivity contribution in [3.8, 4) is 22.3 Å². The number of carbonyl (C=O) groups is 1. The summed E-state index contributed by atoms with van der Waals surface area (Å²) in [7, 11) is 1.78. The van der Waals surface area contributed by atoms with Crippen molar-refractivity contribution in [2.75, 3.05) is 5.32 Å². The molecule has 6 rings (SSSR count). The second kappa shape index (κ2) is 7.81. The van der Waals surface area contributed by atoms with Gasteiger partial charge in [-0.15, -0.1) is 0 Å². The van der Waals surface area contributed by atoms with Gasteiger partial charge in [0.05, 0.1) is 22.3 Å². The van der Waals surface area contributed by atoms with Crippen LogP contribution >= 0.6 is 0 Å². The van der Waals surface area contributed by atoms with Crippen molar-refractivity contribution >= 4 is 28.1 Å². The molecule has 35 heavy (non-hydrogen) atoms. The molecule has 0 saturated heterocycles. The maximum absolute atomic E-state index is 14.0. The quantitative estimate of drug-likeness (QED) is 0.319. The summed E-state index contributed by atoms with van der Waals surface area (Å²) >= 11 is 0. The first kappa shape index (κ1) is 21.1. The van der Waals surface area contributed by atoms with Gasteiger partial charge >= 0.3 is 0 Å². The maximum Gasteiger partial charge on any atom is 0.259 e. The number of benzene rings is 4. The minimum Gasteiger partial charge on any atom is -0.355 e. The van der Waals surface area contributed by atoms with Gasteiger partial charge in [-0.3, -0.25) is 9.59 Å². The van der Waals surface area contributed by atoms with Crippen LogP contribution in [-0.2, 0) is 7.05 Å². The second-order valence-electron chi connectivity index (χ2n) is 9.18. The third-order valence-electron chi connectivity index (χ3n) is 6.95. The number of hydrogen-bond donors (Lipinski definition) is 1. The molecule has 4 aromatic carbocycles. The summed E-state index contributed by atoms with van der Waals surface area (Å²) in [6.07, 6.45) is 0. The van der Waals surface area contributed by atoms with E-state index in [9.17, 15) is 9.59 Å². The monoisotopic (exact) mass is 456 g/mol. The van der Waals surface area contributed by atoms with Gasteiger partial charge in [0, 0.05) is 29.2 Å². The van der Waals surface area contributed by atoms with Gasteiger partial charge in [0.15, 0.2) is 5.78 Å². The van der Waals surface area contributed by atoms with Gasteiger partial charge in [-0.1, -0.05) is 72.3 Å². The average Bonchev–Trinajstić information content (AvgIpc) is 2.87. The Morgan fingerprint density at radius 2 is 1.37 bits per heavy atom. The Bertz CT molecular complexity index is 1730. The average molecular weight is 457 g/mol. The SMILES string of the molecule is Cc1ccc(Nc2ccc3c4c2C(=O)c2ccccc2-c4c(-c2ccccc2)c(=O)n3C)c(C)c1. The summed E-state index contributed by atoms with van der Waals surface area (Å²) in [6, 6.07) is 27.4. The predicted molar refractivity (Wildman–Crippen MR) is 143 cm³/mol. The van der Waals surface area contributed by atoms with Gasteiger partial charge in [0.1, 0.15) is 0 Å². The van der Waals surface area contributed by atoms with Gasteiger partial charge in [-0.25, -0.2) is 0 Å². The number of rotatable bonds is 3. The molecule has 0 bridgehead atoms. The van der Waals surface area contributed by atoms with Crippen molar-refractivity contribution in [2.24, 2.45) is 7.05 Å². The molecule has 4 nitrogen and oxygen atoms in total. The standard InChI is InChI=1S/C31H24N2O2/c1-18-13-14-23(19(2)17-18)32-24-15-16-25-29-27(21-11-7-8-12-22(21)30(34)28(24)29)26(31(35)33(25)3)20-9-5-4-6-10-20/h4-17,32H,1-3H3. The van der Waals surface area contributed by atoms with E-state index in [2.05, 4.69) is 31.3 Å². The minimum atomic E-state index is -0.0797. The van der Waals surface area contributed by atoms with E-state index in [1.807, 2.05) is 72.8 Å². The fraction of sp³-hybridized carbons (Fsp3) is 0.0968. The molecule has 0 atom stereocenters. The number of hydrogen-bond acceptors (Lipinski definition) is 3. The van der Waals surface area contributed by atoms with Crippen LogP contribution in [0.3, 0.4) is 0 Å². The number of fused-ring (bicyclic) bond motifs is 2. The van der Waals surface area contributed by atoms with Gasteiger partial charge in [-0.2, -0.15) is 0 Å². The molecule has 4 heteroatoms. The summed E-state index contributed by atoms with van der Waals surface area (Å²) in [6.45, 7) is 4.12. The summed E-state index contributed by atoms with van der Waals surface area (Å²) < 4.78 is 1.66. The van der Waals surface area contributed by atoms with E-state index in [0.717, 1.165) is 44.5 Å². The molecule has 170 valence electrons. The molecular formula is C31H24N2O2. The Morgan fingerprint density at radius 1 is 0.686 bits per heavy atom. The molecule has 0 amide bonds. The van der Waals surface area contributed by atoms with Crippen LogP contribution in [0.25, 0.3) is 33.2 Å². The van der Waals surface area contributed by atoms with Crippen LogP contribution < -0.4 is 10.9 Å². The molecule has 1 aliphatic rings. The Hall–Kier alpha value is -4.44. The number of nitrogens with zero attached hydrogens (tertiary/aromatic N) is 1. The molecule has 0 fully saturated rings. The highest BCUT2D eigenvalue weighted by atomic mass is 16.1. The molecule has 1 aromatic heterocycles. The minimum absolute atomic E-state index is 0.0383. The lowest BCUT2D eigenvalue weighted by atomic mass is 9.80. The summed E-state index contributed by atoms with van der Waals surface area (Å²) in [5, 5.41) is 4.33. The normalized spacial score (nSPS) is 12.0. The highest BCUT2D eigenvalue weighted by molar-refractivity contribution is 6.29. The topological polar surface area (TPSA) is 51.1 Å². The number of nitrogens with one attached hydrogen (secondary N) is 1. The van der Waals surface area contributed by atoms with Gasteiger partial charge in [0.25, 0.3) is 5.56 Å². The van der Waals surface area contributed by atoms with Crippen LogP contribution in [0, 0.1) is 13.8 Å². The molecule has 1 N–H and O–H groups in total. The Kier molecular flexibility index (Phi) is 4.71. The smallest absolute Gasteiger partial charge is 0.259 e. The predicted octanol–water partition coefficient (Wildman–Crippen LogP) is 6.78. The molecule has 0 radical (unpaired) electrons. The van der Waals surface area contributed by atoms with Crippen LogP contribution in [0.15, 0.2) is 89.7 Å². The van der Waals surface area contributed by atoms with Crippen molar-refractivity contribution in [3.05, 3.63) is 118 Å². The molecule has 0 aliphatic heterocycles. The zero-order valence-corrected chi connectivity index (χ0v) is 19.8. The van der Waals surface area contributed by atoms with Crippen molar-refractivity contribution in [1.82, 2.24) is 4.57 Å². The lowest BCUT2D eigenvalue weighted by Crippen LogP contribution is -2.24. The maximum atomic E-state index is 14.0. The molecule has 5 aromatic rings. The zero-order chi connectivity index (χ0) is 24.3. The third kappa shape index (κ3) is 3.14. The van der Waals surface area contributed by atoms with E-state index in [4.69, 9.17) is 0 Å². The number of carbonyl (C=O) groups excluding carboxylic acids is 1. The van der Waals surface area contributed by atoms with E-state index >= 15 is 0 Å². The van der Waals surface area contributed by atoms with Crippen LogP contribution in [-0.4, -0.2) is 10.4 Å². The molecule has 1 heterocycles. The van der Waals surface area contributed by atoms with Crippen molar-refractivity contribution in [2.45, 2.75) is 13.8 Å². The van der Waals surface area contributed by atoms with Crippen LogP contribution in [0.5, 0.6) is 0 Å². The van der Waals surface area contributed by atoms with E-state index in [1.54, 1.807) is 11.6 Å². The van der Waals surface area contributed by atoms with E-state index in [1.165, 1.54) is 5.56 Å². The van der Waals surface area contributed by atoms with Crippen LogP contribution in [0.4, 0.5) is 11.4 Å². The largest absolute Gasteiger partial charge is 0.355 e. The molecule has 1 aliphatic carbocycles. The van der Waals surface area contributed by atoms with Crippen molar-refractivity contribution in [1.29, 1.82) is 0 Å². The first-order valence-corrected chi connectivity index (χ1v) is 11.7. The Labute approximate surface area is 203 Å². The summed E-state index contributed by atoms with van der Waals surface area (Å²) in [4.78, 5) is 27.7. The van der Waals surface area contributed by atoms with E-state index in [0.29, 0.717) is 16.7 Å². The summed E-state index contributed by atoms with van der Waals surface area (Å²) in [5.74, 6) is -0.0383. The lowest BCUT2D eigenvalue weighted by molar-refractivity contribution is 0.104. The Balaban J connectivity index is 1.75. The lowest BCUT2D eigenvalue weighted by Gasteiger charge is -2.26. The van der Waals surface area contributed by atoms with Crippen LogP contribution in [0.2, 0.25) is 0 Å². The van der Waals surface area contributed by atoms with E-state index in [-0.39, 0.29) is 11.3 Å². The van der Waals surface area contributed by atoms with Crippen molar-refractivity contribution in [3.63, 3.8) is 0 Å². The fourth-order valence-electron chi connectivity index (χ4n) is 5.25. The molecule has 0 spiro atoms. The van der Waals surface area contributed by atoms with Crippen molar-refractivity contribution < 1.29 is 4.79 Å². The Morgan fingerprint density at radius 3 is 2.11 bits per heavy atom. The highest BCUT2D eigenvalue weighted by Crippen LogP contribution is 2.45. The number of aromatic nitrogens is 1.